The minimum absolute atomic E-state index is 0.0626. The second-order valence-corrected chi connectivity index (χ2v) is 7.56. The van der Waals surface area contributed by atoms with Gasteiger partial charge in [-0.2, -0.15) is 0 Å². The quantitative estimate of drug-likeness (QED) is 0.676. The van der Waals surface area contributed by atoms with Crippen molar-refractivity contribution in [3.8, 4) is 11.5 Å². The van der Waals surface area contributed by atoms with Gasteiger partial charge in [-0.05, 0) is 52.3 Å². The highest BCUT2D eigenvalue weighted by atomic mass is 79.9. The van der Waals surface area contributed by atoms with Crippen LogP contribution in [0.1, 0.15) is 10.4 Å². The molecule has 2 amide bonds. The fourth-order valence-electron chi connectivity index (χ4n) is 2.92. The summed E-state index contributed by atoms with van der Waals surface area (Å²) in [5.74, 6) is 1.03. The highest BCUT2D eigenvalue weighted by Crippen LogP contribution is 2.28. The maximum absolute atomic E-state index is 12.6. The fourth-order valence-corrected chi connectivity index (χ4v) is 3.72. The number of nitrogens with zero attached hydrogens (tertiary/aromatic N) is 2. The van der Waals surface area contributed by atoms with Crippen molar-refractivity contribution in [1.29, 1.82) is 0 Å². The van der Waals surface area contributed by atoms with Crippen LogP contribution in [0.4, 0.5) is 0 Å². The monoisotopic (exact) mass is 466 g/mol. The summed E-state index contributed by atoms with van der Waals surface area (Å²) in [5, 5.41) is 0.586. The lowest BCUT2D eigenvalue weighted by Crippen LogP contribution is -2.51. The molecule has 0 bridgehead atoms. The zero-order chi connectivity index (χ0) is 20.1. The van der Waals surface area contributed by atoms with E-state index >= 15 is 0 Å². The van der Waals surface area contributed by atoms with Gasteiger partial charge in [0.15, 0.2) is 6.61 Å². The van der Waals surface area contributed by atoms with Crippen molar-refractivity contribution in [2.24, 2.45) is 0 Å². The molecule has 3 rings (SSSR count). The van der Waals surface area contributed by atoms with E-state index in [0.29, 0.717) is 52.7 Å². The van der Waals surface area contributed by atoms with Gasteiger partial charge in [0.1, 0.15) is 11.5 Å². The Morgan fingerprint density at radius 3 is 2.46 bits per heavy atom. The van der Waals surface area contributed by atoms with Gasteiger partial charge in [0.05, 0.1) is 11.6 Å². The van der Waals surface area contributed by atoms with Gasteiger partial charge in [-0.25, -0.2) is 0 Å². The fraction of sp³-hybridized carbons (Fsp3) is 0.300. The van der Waals surface area contributed by atoms with Crippen LogP contribution in [0.5, 0.6) is 11.5 Å². The summed E-state index contributed by atoms with van der Waals surface area (Å²) in [6.45, 7) is 1.84. The molecule has 0 spiro atoms. The average molecular weight is 468 g/mol. The number of benzene rings is 2. The number of piperazine rings is 1. The number of hydrogen-bond donors (Lipinski definition) is 0. The molecule has 0 radical (unpaired) electrons. The molecule has 2 aromatic carbocycles. The van der Waals surface area contributed by atoms with Crippen LogP contribution < -0.4 is 9.47 Å². The first-order chi connectivity index (χ1) is 13.5. The summed E-state index contributed by atoms with van der Waals surface area (Å²) in [6, 6.07) is 12.2. The molecule has 28 heavy (non-hydrogen) atoms. The molecule has 1 aliphatic rings. The minimum atomic E-state index is -0.115. The molecule has 1 heterocycles. The van der Waals surface area contributed by atoms with Crippen molar-refractivity contribution < 1.29 is 19.1 Å². The molecule has 0 N–H and O–H groups in total. The zero-order valence-corrected chi connectivity index (χ0v) is 17.7. The van der Waals surface area contributed by atoms with Gasteiger partial charge in [-0.1, -0.05) is 17.7 Å². The molecule has 0 aromatic heterocycles. The number of carbonyl (C=O) groups excluding carboxylic acids is 2. The highest BCUT2D eigenvalue weighted by Gasteiger charge is 2.25. The first kappa shape index (κ1) is 20.5. The second-order valence-electron chi connectivity index (χ2n) is 6.27. The number of halogens is 2. The summed E-state index contributed by atoms with van der Waals surface area (Å²) in [5.41, 5.74) is 0.579. The molecule has 0 unspecified atom stereocenters. The van der Waals surface area contributed by atoms with Crippen LogP contribution >= 0.6 is 27.5 Å². The van der Waals surface area contributed by atoms with Crippen LogP contribution in [0.15, 0.2) is 46.9 Å². The molecule has 6 nitrogen and oxygen atoms in total. The smallest absolute Gasteiger partial charge is 0.260 e. The standard InChI is InChI=1S/C20H20BrClN2O4/c1-27-16-4-2-3-14(11-16)20(26)24-9-7-23(8-10-24)19(25)13-28-18-6-5-15(22)12-17(18)21/h2-6,11-12H,7-10,13H2,1H3. The van der Waals surface area contributed by atoms with Gasteiger partial charge in [-0.15, -0.1) is 0 Å². The van der Waals surface area contributed by atoms with Crippen LogP contribution in [0, 0.1) is 0 Å². The zero-order valence-electron chi connectivity index (χ0n) is 15.4. The van der Waals surface area contributed by atoms with Crippen LogP contribution in [-0.2, 0) is 4.79 Å². The highest BCUT2D eigenvalue weighted by molar-refractivity contribution is 9.10. The molecule has 0 atom stereocenters. The largest absolute Gasteiger partial charge is 0.497 e. The summed E-state index contributed by atoms with van der Waals surface area (Å²) in [7, 11) is 1.57. The van der Waals surface area contributed by atoms with Gasteiger partial charge >= 0.3 is 0 Å². The van der Waals surface area contributed by atoms with E-state index in [4.69, 9.17) is 21.1 Å². The topological polar surface area (TPSA) is 59.1 Å². The first-order valence-corrected chi connectivity index (χ1v) is 9.94. The Morgan fingerprint density at radius 1 is 1.07 bits per heavy atom. The Labute approximate surface area is 177 Å². The molecule has 1 fully saturated rings. The van der Waals surface area contributed by atoms with Crippen LogP contribution in [-0.4, -0.2) is 61.5 Å². The number of rotatable bonds is 5. The normalized spacial score (nSPS) is 14.0. The van der Waals surface area contributed by atoms with Crippen LogP contribution in [0.2, 0.25) is 5.02 Å². The Bertz CT molecular complexity index is 869. The van der Waals surface area contributed by atoms with Crippen molar-refractivity contribution >= 4 is 39.3 Å². The molecule has 1 aliphatic heterocycles. The Morgan fingerprint density at radius 2 is 1.79 bits per heavy atom. The van der Waals surface area contributed by atoms with Crippen molar-refractivity contribution in [3.05, 3.63) is 57.5 Å². The van der Waals surface area contributed by atoms with Gasteiger partial charge in [0.25, 0.3) is 11.8 Å². The Balaban J connectivity index is 1.51. The molecular formula is C20H20BrClN2O4. The van der Waals surface area contributed by atoms with E-state index in [2.05, 4.69) is 15.9 Å². The maximum atomic E-state index is 12.6. The third-order valence-corrected chi connectivity index (χ3v) is 5.34. The summed E-state index contributed by atoms with van der Waals surface area (Å²) < 4.78 is 11.5. The number of methoxy groups -OCH3 is 1. The van der Waals surface area contributed by atoms with Gasteiger partial charge in [0.2, 0.25) is 0 Å². The summed E-state index contributed by atoms with van der Waals surface area (Å²) >= 11 is 9.26. The van der Waals surface area contributed by atoms with Crippen molar-refractivity contribution in [2.75, 3.05) is 39.9 Å². The van der Waals surface area contributed by atoms with E-state index in [0.717, 1.165) is 0 Å². The number of ether oxygens (including phenoxy) is 2. The van der Waals surface area contributed by atoms with E-state index in [1.165, 1.54) is 0 Å². The molecule has 0 aliphatic carbocycles. The molecule has 0 saturated carbocycles. The lowest BCUT2D eigenvalue weighted by atomic mass is 10.1. The first-order valence-electron chi connectivity index (χ1n) is 8.77. The number of amides is 2. The minimum Gasteiger partial charge on any atom is -0.497 e. The summed E-state index contributed by atoms with van der Waals surface area (Å²) in [4.78, 5) is 28.5. The Kier molecular flexibility index (Phi) is 6.80. The molecule has 8 heteroatoms. The summed E-state index contributed by atoms with van der Waals surface area (Å²) in [6.07, 6.45) is 0. The molecule has 2 aromatic rings. The van der Waals surface area contributed by atoms with E-state index < -0.39 is 0 Å². The van der Waals surface area contributed by atoms with Crippen molar-refractivity contribution in [1.82, 2.24) is 9.80 Å². The predicted molar refractivity (Wildman–Crippen MR) is 110 cm³/mol. The van der Waals surface area contributed by atoms with Gasteiger partial charge in [0, 0.05) is 36.8 Å². The second kappa shape index (κ2) is 9.30. The maximum Gasteiger partial charge on any atom is 0.260 e. The SMILES string of the molecule is COc1cccc(C(=O)N2CCN(C(=O)COc3ccc(Cl)cc3Br)CC2)c1. The van der Waals surface area contributed by atoms with Gasteiger partial charge < -0.3 is 19.3 Å². The third kappa shape index (κ3) is 4.97. The number of carbonyl (C=O) groups is 2. The predicted octanol–water partition coefficient (Wildman–Crippen LogP) is 3.47. The van der Waals surface area contributed by atoms with E-state index in [-0.39, 0.29) is 18.4 Å². The molecule has 148 valence electrons. The van der Waals surface area contributed by atoms with Gasteiger partial charge in [-0.3, -0.25) is 9.59 Å². The third-order valence-electron chi connectivity index (χ3n) is 4.48. The van der Waals surface area contributed by atoms with E-state index in [1.807, 2.05) is 0 Å². The lowest BCUT2D eigenvalue weighted by molar-refractivity contribution is -0.134. The van der Waals surface area contributed by atoms with Crippen molar-refractivity contribution in [3.63, 3.8) is 0 Å². The average Bonchev–Trinajstić information content (AvgIpc) is 2.72. The van der Waals surface area contributed by atoms with E-state index in [9.17, 15) is 9.59 Å². The molecular weight excluding hydrogens is 448 g/mol. The van der Waals surface area contributed by atoms with Crippen LogP contribution in [0.25, 0.3) is 0 Å². The number of hydrogen-bond acceptors (Lipinski definition) is 4. The van der Waals surface area contributed by atoms with Crippen LogP contribution in [0.3, 0.4) is 0 Å². The molecule has 1 saturated heterocycles. The van der Waals surface area contributed by atoms with Crippen molar-refractivity contribution in [2.45, 2.75) is 0 Å². The lowest BCUT2D eigenvalue weighted by Gasteiger charge is -2.34. The van der Waals surface area contributed by atoms with E-state index in [1.54, 1.807) is 59.4 Å². The Hall–Kier alpha value is -2.25.